The van der Waals surface area contributed by atoms with Gasteiger partial charge in [-0.15, -0.1) is 0 Å². The Morgan fingerprint density at radius 3 is 0.811 bits per heavy atom. The van der Waals surface area contributed by atoms with E-state index in [0.29, 0.717) is 12.8 Å². The van der Waals surface area contributed by atoms with E-state index in [-0.39, 0.29) is 79.8 Å². The van der Waals surface area contributed by atoms with E-state index in [4.69, 9.17) is 44.9 Å². The van der Waals surface area contributed by atoms with Gasteiger partial charge in [0.05, 0.1) is 5.92 Å². The molecule has 0 aliphatic carbocycles. The summed E-state index contributed by atoms with van der Waals surface area (Å²) in [5, 5.41) is 9.10. The number of allylic oxidation sites excluding steroid dienone is 4. The summed E-state index contributed by atoms with van der Waals surface area (Å²) in [6.45, 7) is 8.87. The number of carbonyl (C=O) groups excluding carboxylic acids is 2. The molecule has 1 unspecified atom stereocenters. The SMILES string of the molecule is CCCCCCCCC=CCCCCCCC(CCC)C(=O)O.CCCCCCCCC=CCCCCCCCC(=O)OC(=O)CCCCCCCCCCCCCCCCC.O=S(=O)(O)O.O=S(=O)(O)O.[H-].[H-].[Na+].[Na+]. The monoisotopic (exact) mass is 1120 g/mol. The third-order valence-corrected chi connectivity index (χ3v) is 12.4. The third-order valence-electron chi connectivity index (χ3n) is 12.4. The maximum absolute atomic E-state index is 11.9. The molecule has 74 heavy (non-hydrogen) atoms. The number of hydrogen-bond donors (Lipinski definition) is 5. The minimum Gasteiger partial charge on any atom is -1.00 e. The summed E-state index contributed by atoms with van der Waals surface area (Å²) in [5.74, 6) is -1.39. The van der Waals surface area contributed by atoms with Gasteiger partial charge in [-0.2, -0.15) is 16.8 Å². The van der Waals surface area contributed by atoms with Crippen molar-refractivity contribution in [2.24, 2.45) is 5.92 Å². The molecule has 5 N–H and O–H groups in total. The molecule has 17 heteroatoms. The number of aliphatic carboxylic acids is 1. The van der Waals surface area contributed by atoms with Crippen LogP contribution in [0.4, 0.5) is 0 Å². The number of carbonyl (C=O) groups is 3. The van der Waals surface area contributed by atoms with Crippen LogP contribution >= 0.6 is 0 Å². The molecule has 0 heterocycles. The van der Waals surface area contributed by atoms with Crippen molar-refractivity contribution in [1.82, 2.24) is 0 Å². The first-order valence-corrected chi connectivity index (χ1v) is 31.9. The molecule has 0 aromatic heterocycles. The second-order valence-corrected chi connectivity index (χ2v) is 21.4. The standard InChI is InChI=1S/C36H68O3.C21H40O2.2Na.2H2O4S.2H/c1-3-5-7-9-11-13-15-17-19-21-23-25-27-29-31-33-35(37)39-36(38)34-32-30-28-26-24-22-20-18-16-14-12-10-8-6-4-2;1-3-5-6-7-8-9-10-11-12-13-14-15-16-17-19-20(18-4-2)21(22)23;;;2*1-5(2,3)4;;/h17,19H,3-16,18,20-34H2,1-2H3;11-12,20H,3-10,13-19H2,1-2H3,(H,22,23);;;2*(H2,1,2,3,4);;/q;;2*+1;;;2*-1. The van der Waals surface area contributed by atoms with E-state index in [1.54, 1.807) is 0 Å². The van der Waals surface area contributed by atoms with Crippen LogP contribution in [0.1, 0.15) is 319 Å². The Hall–Kier alpha value is -0.170. The van der Waals surface area contributed by atoms with Crippen LogP contribution in [0.5, 0.6) is 0 Å². The van der Waals surface area contributed by atoms with Crippen molar-refractivity contribution >= 4 is 38.7 Å². The fourth-order valence-corrected chi connectivity index (χ4v) is 8.23. The molecule has 0 fully saturated rings. The number of carboxylic acid groups (broad SMARTS) is 1. The van der Waals surface area contributed by atoms with Gasteiger partial charge in [-0.05, 0) is 77.0 Å². The molecule has 434 valence electrons. The van der Waals surface area contributed by atoms with E-state index in [0.717, 1.165) is 57.8 Å². The summed E-state index contributed by atoms with van der Waals surface area (Å²) in [5.41, 5.74) is 0. The van der Waals surface area contributed by atoms with Gasteiger partial charge in [0.2, 0.25) is 0 Å². The van der Waals surface area contributed by atoms with Crippen LogP contribution in [0.2, 0.25) is 0 Å². The van der Waals surface area contributed by atoms with Gasteiger partial charge in [-0.3, -0.25) is 32.6 Å². The number of carboxylic acids is 1. The first-order chi connectivity index (χ1) is 34.4. The molecule has 0 radical (unpaired) electrons. The van der Waals surface area contributed by atoms with E-state index in [9.17, 15) is 14.4 Å². The fourth-order valence-electron chi connectivity index (χ4n) is 8.23. The summed E-state index contributed by atoms with van der Waals surface area (Å²) >= 11 is 0. The smallest absolute Gasteiger partial charge is 1.00 e. The summed E-state index contributed by atoms with van der Waals surface area (Å²) in [6, 6.07) is 0. The van der Waals surface area contributed by atoms with Gasteiger partial charge >= 0.3 is 97.8 Å². The Morgan fingerprint density at radius 2 is 0.581 bits per heavy atom. The number of hydrogen-bond acceptors (Lipinski definition) is 8. The Kier molecular flexibility index (Phi) is 79.3. The molecule has 1 atom stereocenters. The van der Waals surface area contributed by atoms with Gasteiger partial charge < -0.3 is 12.7 Å². The first-order valence-electron chi connectivity index (χ1n) is 29.1. The summed E-state index contributed by atoms with van der Waals surface area (Å²) in [4.78, 5) is 34.8. The molecule has 0 amide bonds. The van der Waals surface area contributed by atoms with E-state index in [1.165, 1.54) is 218 Å². The zero-order valence-corrected chi connectivity index (χ0v) is 54.2. The number of unbranched alkanes of at least 4 members (excludes halogenated alkanes) is 35. The van der Waals surface area contributed by atoms with Crippen molar-refractivity contribution in [3.05, 3.63) is 24.3 Å². The molecule has 0 aromatic carbocycles. The van der Waals surface area contributed by atoms with Crippen LogP contribution in [0.25, 0.3) is 0 Å². The van der Waals surface area contributed by atoms with Crippen molar-refractivity contribution in [1.29, 1.82) is 0 Å². The number of rotatable bonds is 48. The van der Waals surface area contributed by atoms with Gasteiger partial charge in [-0.25, -0.2) is 0 Å². The van der Waals surface area contributed by atoms with Crippen LogP contribution in [-0.2, 0) is 39.9 Å². The van der Waals surface area contributed by atoms with Crippen molar-refractivity contribution in [3.63, 3.8) is 0 Å². The topological polar surface area (TPSA) is 230 Å². The molecule has 0 aromatic rings. The molecule has 0 rings (SSSR count). The molecular weight excluding hydrogens is 1000 g/mol. The molecule has 0 aliphatic heterocycles. The second kappa shape index (κ2) is 68.9. The van der Waals surface area contributed by atoms with Crippen molar-refractivity contribution in [2.45, 2.75) is 317 Å². The maximum Gasteiger partial charge on any atom is 1.00 e. The number of ether oxygens (including phenoxy) is 1. The Labute approximate surface area is 502 Å². The van der Waals surface area contributed by atoms with Gasteiger partial charge in [0.1, 0.15) is 0 Å². The van der Waals surface area contributed by atoms with Gasteiger partial charge in [0, 0.05) is 12.8 Å². The Morgan fingerprint density at radius 1 is 0.365 bits per heavy atom. The predicted octanol–water partition coefficient (Wildman–Crippen LogP) is 12.4. The fraction of sp³-hybridized carbons (Fsp3) is 0.877. The van der Waals surface area contributed by atoms with Crippen molar-refractivity contribution in [3.8, 4) is 0 Å². The largest absolute Gasteiger partial charge is 1.00 e. The third kappa shape index (κ3) is 97.4. The summed E-state index contributed by atoms with van der Waals surface area (Å²) in [7, 11) is -9.33. The summed E-state index contributed by atoms with van der Waals surface area (Å²) in [6.07, 6.45) is 63.9. The normalized spacial score (nSPS) is 11.6. The molecule has 0 aliphatic rings. The summed E-state index contributed by atoms with van der Waals surface area (Å²) < 4.78 is 68.2. The van der Waals surface area contributed by atoms with Crippen LogP contribution in [0.3, 0.4) is 0 Å². The van der Waals surface area contributed by atoms with Crippen molar-refractivity contribution < 1.29 is 121 Å². The average molecular weight is 1120 g/mol. The maximum atomic E-state index is 11.9. The van der Waals surface area contributed by atoms with Crippen molar-refractivity contribution in [2.75, 3.05) is 0 Å². The zero-order chi connectivity index (χ0) is 54.7. The molecule has 0 bridgehead atoms. The van der Waals surface area contributed by atoms with Gasteiger partial charge in [0.25, 0.3) is 0 Å². The zero-order valence-electron chi connectivity index (χ0n) is 50.5. The number of esters is 2. The first kappa shape index (κ1) is 85.1. The van der Waals surface area contributed by atoms with E-state index in [1.807, 2.05) is 0 Å². The van der Waals surface area contributed by atoms with Crippen LogP contribution in [-0.4, -0.2) is 58.1 Å². The van der Waals surface area contributed by atoms with E-state index in [2.05, 4.69) is 52.0 Å². The quantitative estimate of drug-likeness (QED) is 0.00955. The van der Waals surface area contributed by atoms with Crippen LogP contribution in [0, 0.1) is 5.92 Å². The van der Waals surface area contributed by atoms with Gasteiger partial charge in [-0.1, -0.05) is 251 Å². The molecule has 0 saturated carbocycles. The Balaban J connectivity index is -0.000000176. The molecule has 0 saturated heterocycles. The molecule has 13 nitrogen and oxygen atoms in total. The second-order valence-electron chi connectivity index (χ2n) is 19.6. The molecular formula is C57H114Na2O13S2. The van der Waals surface area contributed by atoms with Crippen LogP contribution in [0.15, 0.2) is 24.3 Å². The average Bonchev–Trinajstić information content (AvgIpc) is 3.30. The van der Waals surface area contributed by atoms with Gasteiger partial charge in [0.15, 0.2) is 0 Å². The molecule has 0 spiro atoms. The van der Waals surface area contributed by atoms with E-state index < -0.39 is 26.8 Å². The van der Waals surface area contributed by atoms with E-state index >= 15 is 0 Å². The minimum absolute atomic E-state index is 0. The Bertz CT molecular complexity index is 1410. The predicted molar refractivity (Wildman–Crippen MR) is 302 cm³/mol. The minimum atomic E-state index is -4.67. The van der Waals surface area contributed by atoms with Crippen LogP contribution < -0.4 is 59.1 Å².